The molecule has 0 bridgehead atoms. The minimum atomic E-state index is -4.36. The van der Waals surface area contributed by atoms with Crippen LogP contribution in [0.2, 0.25) is 4.34 Å². The van der Waals surface area contributed by atoms with Crippen molar-refractivity contribution in [2.45, 2.75) is 12.6 Å². The van der Waals surface area contributed by atoms with Crippen molar-refractivity contribution >= 4 is 44.7 Å². The van der Waals surface area contributed by atoms with E-state index in [1.807, 2.05) is 0 Å². The molecule has 2 nitrogen and oxygen atoms in total. The van der Waals surface area contributed by atoms with E-state index in [1.165, 1.54) is 0 Å². The first kappa shape index (κ1) is 14.9. The highest BCUT2D eigenvalue weighted by Gasteiger charge is 2.27. The molecule has 17 heavy (non-hydrogen) atoms. The molecule has 0 aromatic carbocycles. The molecule has 1 aromatic rings. The molecule has 0 aliphatic rings. The number of thiophene rings is 1. The Morgan fingerprint density at radius 1 is 1.53 bits per heavy atom. The third-order valence-corrected chi connectivity index (χ3v) is 4.17. The maximum absolute atomic E-state index is 11.7. The molecule has 96 valence electrons. The number of carbonyl (C=O) groups is 1. The number of ether oxygens (including phenoxy) is 1. The monoisotopic (exact) mass is 350 g/mol. The van der Waals surface area contributed by atoms with Crippen LogP contribution in [0, 0.1) is 0 Å². The Hall–Kier alpha value is -0.110. The van der Waals surface area contributed by atoms with Gasteiger partial charge in [-0.15, -0.1) is 11.3 Å². The van der Waals surface area contributed by atoms with Gasteiger partial charge in [-0.25, -0.2) is 0 Å². The minimum Gasteiger partial charge on any atom is -0.372 e. The summed E-state index contributed by atoms with van der Waals surface area (Å²) in [6, 6.07) is 1.54. The van der Waals surface area contributed by atoms with Gasteiger partial charge in [0, 0.05) is 10.9 Å². The van der Waals surface area contributed by atoms with Gasteiger partial charge in [-0.3, -0.25) is 4.79 Å². The van der Waals surface area contributed by atoms with Crippen LogP contribution >= 0.6 is 38.9 Å². The molecule has 0 radical (unpaired) electrons. The largest absolute Gasteiger partial charge is 0.411 e. The third kappa shape index (κ3) is 5.37. The molecule has 0 fully saturated rings. The first-order chi connectivity index (χ1) is 7.79. The maximum atomic E-state index is 11.7. The number of rotatable bonds is 5. The number of alkyl halides is 3. The number of carbonyl (C=O) groups excluding carboxylic acids is 1. The van der Waals surface area contributed by atoms with Gasteiger partial charge in [0.2, 0.25) is 0 Å². The molecule has 0 aliphatic carbocycles. The van der Waals surface area contributed by atoms with Gasteiger partial charge in [-0.2, -0.15) is 13.2 Å². The molecule has 0 N–H and O–H groups in total. The molecular formula is C9H7BrClF3O2S. The smallest absolute Gasteiger partial charge is 0.372 e. The van der Waals surface area contributed by atoms with E-state index in [-0.39, 0.29) is 18.8 Å². The van der Waals surface area contributed by atoms with Gasteiger partial charge >= 0.3 is 6.18 Å². The zero-order valence-electron chi connectivity index (χ0n) is 8.31. The standard InChI is InChI=1S/C9H7BrClF3O2S/c10-5-3-7(17-8(5)11)6(15)1-2-16-4-9(12,13)14/h3H,1-2,4H2. The summed E-state index contributed by atoms with van der Waals surface area (Å²) in [4.78, 5) is 11.9. The highest BCUT2D eigenvalue weighted by Crippen LogP contribution is 2.32. The van der Waals surface area contributed by atoms with Crippen molar-refractivity contribution in [3.63, 3.8) is 0 Å². The zero-order chi connectivity index (χ0) is 13.1. The van der Waals surface area contributed by atoms with Crippen molar-refractivity contribution < 1.29 is 22.7 Å². The predicted molar refractivity (Wildman–Crippen MR) is 62.9 cm³/mol. The van der Waals surface area contributed by atoms with E-state index in [9.17, 15) is 18.0 Å². The fraction of sp³-hybridized carbons (Fsp3) is 0.444. The van der Waals surface area contributed by atoms with E-state index in [4.69, 9.17) is 11.6 Å². The molecule has 1 rings (SSSR count). The van der Waals surface area contributed by atoms with Crippen molar-refractivity contribution in [3.8, 4) is 0 Å². The zero-order valence-corrected chi connectivity index (χ0v) is 11.5. The number of hydrogen-bond acceptors (Lipinski definition) is 3. The normalized spacial score (nSPS) is 11.8. The molecule has 8 heteroatoms. The molecule has 1 aromatic heterocycles. The summed E-state index contributed by atoms with van der Waals surface area (Å²) in [6.45, 7) is -1.60. The van der Waals surface area contributed by atoms with Gasteiger partial charge in [-0.05, 0) is 22.0 Å². The van der Waals surface area contributed by atoms with Gasteiger partial charge in [0.15, 0.2) is 5.78 Å². The molecule has 0 amide bonds. The number of Topliss-reactive ketones (excluding diaryl/α,β-unsaturated/α-hetero) is 1. The van der Waals surface area contributed by atoms with E-state index >= 15 is 0 Å². The molecule has 0 saturated carbocycles. The summed E-state index contributed by atoms with van der Waals surface area (Å²) in [5.74, 6) is -0.287. The quantitative estimate of drug-likeness (QED) is 0.583. The Morgan fingerprint density at radius 2 is 2.18 bits per heavy atom. The Morgan fingerprint density at radius 3 is 2.65 bits per heavy atom. The Bertz CT molecular complexity index is 386. The fourth-order valence-electron chi connectivity index (χ4n) is 0.960. The molecule has 0 spiro atoms. The van der Waals surface area contributed by atoms with Crippen molar-refractivity contribution in [2.75, 3.05) is 13.2 Å². The van der Waals surface area contributed by atoms with E-state index in [0.717, 1.165) is 11.3 Å². The summed E-state index contributed by atoms with van der Waals surface area (Å²) in [5.41, 5.74) is 0. The van der Waals surface area contributed by atoms with Crippen LogP contribution in [0.4, 0.5) is 13.2 Å². The second kappa shape index (κ2) is 6.17. The molecule has 0 unspecified atom stereocenters. The van der Waals surface area contributed by atoms with Crippen LogP contribution < -0.4 is 0 Å². The summed E-state index contributed by atoms with van der Waals surface area (Å²) in [6.07, 6.45) is -4.46. The lowest BCUT2D eigenvalue weighted by molar-refractivity contribution is -0.173. The maximum Gasteiger partial charge on any atom is 0.411 e. The SMILES string of the molecule is O=C(CCOCC(F)(F)F)c1cc(Br)c(Cl)s1. The number of ketones is 1. The average Bonchev–Trinajstić information content (AvgIpc) is 2.52. The van der Waals surface area contributed by atoms with Crippen LogP contribution in [0.25, 0.3) is 0 Å². The van der Waals surface area contributed by atoms with Crippen molar-refractivity contribution in [2.24, 2.45) is 0 Å². The van der Waals surface area contributed by atoms with Crippen molar-refractivity contribution in [1.82, 2.24) is 0 Å². The highest BCUT2D eigenvalue weighted by molar-refractivity contribution is 9.10. The highest BCUT2D eigenvalue weighted by atomic mass is 79.9. The van der Waals surface area contributed by atoms with Gasteiger partial charge in [-0.1, -0.05) is 11.6 Å². The Kier molecular flexibility index (Phi) is 5.43. The first-order valence-electron chi connectivity index (χ1n) is 4.42. The van der Waals surface area contributed by atoms with Gasteiger partial charge in [0.05, 0.1) is 11.5 Å². The predicted octanol–water partition coefficient (Wildman–Crippen LogP) is 4.32. The first-order valence-corrected chi connectivity index (χ1v) is 6.41. The Labute approximate surface area is 113 Å². The van der Waals surface area contributed by atoms with Gasteiger partial charge in [0.25, 0.3) is 0 Å². The lowest BCUT2D eigenvalue weighted by Gasteiger charge is -2.06. The van der Waals surface area contributed by atoms with E-state index in [2.05, 4.69) is 20.7 Å². The summed E-state index contributed by atoms with van der Waals surface area (Å²) < 4.78 is 40.6. The van der Waals surface area contributed by atoms with E-state index in [0.29, 0.717) is 13.7 Å². The topological polar surface area (TPSA) is 26.3 Å². The molecule has 0 saturated heterocycles. The van der Waals surface area contributed by atoms with E-state index in [1.54, 1.807) is 6.07 Å². The van der Waals surface area contributed by atoms with E-state index < -0.39 is 12.8 Å². The van der Waals surface area contributed by atoms with Gasteiger partial charge < -0.3 is 4.74 Å². The lowest BCUT2D eigenvalue weighted by atomic mass is 10.2. The fourth-order valence-corrected chi connectivity index (χ4v) is 2.63. The molecule has 0 atom stereocenters. The van der Waals surface area contributed by atoms with Crippen LogP contribution in [0.3, 0.4) is 0 Å². The lowest BCUT2D eigenvalue weighted by Crippen LogP contribution is -2.18. The average molecular weight is 352 g/mol. The number of halogens is 5. The van der Waals surface area contributed by atoms with Crippen LogP contribution in [-0.2, 0) is 4.74 Å². The second-order valence-corrected chi connectivity index (χ2v) is 5.58. The summed E-state index contributed by atoms with van der Waals surface area (Å²) in [7, 11) is 0. The van der Waals surface area contributed by atoms with Crippen LogP contribution in [0.5, 0.6) is 0 Å². The third-order valence-electron chi connectivity index (χ3n) is 1.66. The molecular weight excluding hydrogens is 345 g/mol. The summed E-state index contributed by atoms with van der Waals surface area (Å²) in [5, 5.41) is 0. The van der Waals surface area contributed by atoms with Crippen LogP contribution in [0.15, 0.2) is 10.5 Å². The second-order valence-electron chi connectivity index (χ2n) is 3.07. The molecule has 0 aliphatic heterocycles. The van der Waals surface area contributed by atoms with Crippen molar-refractivity contribution in [3.05, 3.63) is 19.8 Å². The van der Waals surface area contributed by atoms with Crippen LogP contribution in [0.1, 0.15) is 16.1 Å². The minimum absolute atomic E-state index is 0.0979. The van der Waals surface area contributed by atoms with Gasteiger partial charge in [0.1, 0.15) is 10.9 Å². The number of hydrogen-bond donors (Lipinski definition) is 0. The molecule has 1 heterocycles. The van der Waals surface area contributed by atoms with Crippen molar-refractivity contribution in [1.29, 1.82) is 0 Å². The Balaban J connectivity index is 2.35. The van der Waals surface area contributed by atoms with Crippen LogP contribution in [-0.4, -0.2) is 25.2 Å². The summed E-state index contributed by atoms with van der Waals surface area (Å²) >= 11 is 9.95.